The Bertz CT molecular complexity index is 2020. The topological polar surface area (TPSA) is 468 Å². The van der Waals surface area contributed by atoms with E-state index in [4.69, 9.17) is 34.4 Å². The van der Waals surface area contributed by atoms with E-state index in [1.54, 1.807) is 13.8 Å². The number of hydrogen-bond acceptors (Lipinski definition) is 15. The van der Waals surface area contributed by atoms with Crippen LogP contribution in [0.15, 0.2) is 4.99 Å². The predicted molar refractivity (Wildman–Crippen MR) is 310 cm³/mol. The first-order chi connectivity index (χ1) is 37.9. The largest absolute Gasteiger partial charge is 0.391 e. The molecule has 0 aliphatic rings. The van der Waals surface area contributed by atoms with Gasteiger partial charge in [0.25, 0.3) is 0 Å². The van der Waals surface area contributed by atoms with Gasteiger partial charge in [-0.15, -0.1) is 0 Å². The second-order valence-corrected chi connectivity index (χ2v) is 22.7. The molecule has 0 bridgehead atoms. The third kappa shape index (κ3) is 31.0. The van der Waals surface area contributed by atoms with E-state index in [2.05, 4.69) is 52.8 Å². The molecule has 0 unspecified atom stereocenters. The Labute approximate surface area is 479 Å². The molecule has 81 heavy (non-hydrogen) atoms. The summed E-state index contributed by atoms with van der Waals surface area (Å²) >= 11 is 0. The maximum Gasteiger partial charge on any atom is 0.245 e. The fraction of sp³-hybridized carbons (Fsp3) is 0.796. The minimum Gasteiger partial charge on any atom is -0.391 e. The number of aliphatic hydroxyl groups is 1. The standard InChI is InChI=1S/C54H104N16O11/c1-12-33(10)43(52(80)65-36(19-14-16-22-56)48(76)70-44(34(11)71)53(81)68-41(27-32(8)9)51(79)66-38(45(58)73)24-29(2)3)69-47(75)37(20-17-23-61-54(59)60)63-46(74)35(18-13-15-21-55)64-50(78)40(26-31(6)7)67-49(77)39(25-30(4)5)62-42(72)28-57/h29-41,43-44,71H,12-28,55-57H2,1-11H3,(H2,58,73)(H,62,72)(H,63,74)(H,64,78)(H,65,80)(H,66,79)(H,67,77)(H,68,81)(H,69,75)(H,70,76)(H4,59,60,61)/t33-,34+,35-,36-,37-,38+,39+,40-,41-,43-,44-/m0/s1. The summed E-state index contributed by atoms with van der Waals surface area (Å²) in [6.07, 6.45) is 1.45. The van der Waals surface area contributed by atoms with E-state index in [9.17, 15) is 53.1 Å². The molecular weight excluding hydrogens is 1050 g/mol. The predicted octanol–water partition coefficient (Wildman–Crippen LogP) is -2.28. The number of guanidine groups is 1. The van der Waals surface area contributed by atoms with E-state index in [0.29, 0.717) is 32.1 Å². The Morgan fingerprint density at radius 1 is 0.407 bits per heavy atom. The van der Waals surface area contributed by atoms with Crippen LogP contribution in [-0.2, 0) is 47.9 Å². The molecule has 0 rings (SSSR count). The zero-order chi connectivity index (χ0) is 62.1. The smallest absolute Gasteiger partial charge is 0.245 e. The first-order valence-electron chi connectivity index (χ1n) is 28.8. The van der Waals surface area contributed by atoms with Gasteiger partial charge in [-0.3, -0.25) is 52.9 Å². The monoisotopic (exact) mass is 1150 g/mol. The van der Waals surface area contributed by atoms with E-state index in [0.717, 1.165) is 0 Å². The summed E-state index contributed by atoms with van der Waals surface area (Å²) in [5.41, 5.74) is 33.8. The van der Waals surface area contributed by atoms with E-state index in [-0.39, 0.29) is 107 Å². The van der Waals surface area contributed by atoms with Crippen LogP contribution >= 0.6 is 0 Å². The Balaban J connectivity index is 7.03. The van der Waals surface area contributed by atoms with Crippen molar-refractivity contribution in [1.82, 2.24) is 47.9 Å². The van der Waals surface area contributed by atoms with Gasteiger partial charge in [-0.2, -0.15) is 0 Å². The Morgan fingerprint density at radius 3 is 1.10 bits per heavy atom. The van der Waals surface area contributed by atoms with Crippen molar-refractivity contribution in [2.75, 3.05) is 26.2 Å². The molecule has 0 aliphatic carbocycles. The van der Waals surface area contributed by atoms with Crippen molar-refractivity contribution in [3.05, 3.63) is 0 Å². The summed E-state index contributed by atoms with van der Waals surface area (Å²) in [5.74, 6) is -8.52. The second kappa shape index (κ2) is 40.1. The molecule has 0 aromatic rings. The highest BCUT2D eigenvalue weighted by atomic mass is 16.3. The average Bonchev–Trinajstić information content (AvgIpc) is 3.37. The Morgan fingerprint density at radius 2 is 0.728 bits per heavy atom. The van der Waals surface area contributed by atoms with Gasteiger partial charge in [0.15, 0.2) is 5.96 Å². The zero-order valence-electron chi connectivity index (χ0n) is 50.1. The molecule has 11 atom stereocenters. The number of carbonyl (C=O) groups is 10. The van der Waals surface area contributed by atoms with Crippen molar-refractivity contribution in [2.45, 2.75) is 220 Å². The van der Waals surface area contributed by atoms with Crippen LogP contribution in [0.3, 0.4) is 0 Å². The molecule has 0 aromatic heterocycles. The van der Waals surface area contributed by atoms with Crippen molar-refractivity contribution >= 4 is 65.0 Å². The van der Waals surface area contributed by atoms with Crippen LogP contribution in [0.5, 0.6) is 0 Å². The maximum absolute atomic E-state index is 14.5. The maximum atomic E-state index is 14.5. The SMILES string of the molecule is CC[C@H](C)[C@H](NC(=O)[C@H](CCCN=C(N)N)NC(=O)[C@H](CCCCN)NC(=O)[C@H](CC(C)C)NC(=O)[C@@H](CC(C)C)NC(=O)CN)C(=O)N[C@@H](CCCCN)C(=O)N[C@H](C(=O)N[C@@H](CC(C)C)C(=O)N[C@H](CC(C)C)C(N)=O)[C@@H](C)O. The van der Waals surface area contributed by atoms with Crippen molar-refractivity contribution < 1.29 is 53.1 Å². The van der Waals surface area contributed by atoms with E-state index >= 15 is 0 Å². The molecule has 0 spiro atoms. The van der Waals surface area contributed by atoms with Gasteiger partial charge < -0.3 is 87.4 Å². The summed E-state index contributed by atoms with van der Waals surface area (Å²) in [7, 11) is 0. The third-order valence-corrected chi connectivity index (χ3v) is 13.2. The molecule has 0 heterocycles. The molecule has 10 amide bonds. The molecule has 0 fully saturated rings. The number of unbranched alkanes of at least 4 members (excludes halogenated alkanes) is 2. The van der Waals surface area contributed by atoms with Crippen LogP contribution in [-0.4, -0.2) is 157 Å². The third-order valence-electron chi connectivity index (χ3n) is 13.2. The molecule has 466 valence electrons. The highest BCUT2D eigenvalue weighted by molar-refractivity contribution is 5.98. The molecule has 0 radical (unpaired) electrons. The number of aliphatic hydroxyl groups excluding tert-OH is 1. The zero-order valence-corrected chi connectivity index (χ0v) is 50.1. The first kappa shape index (κ1) is 74.8. The van der Waals surface area contributed by atoms with Crippen LogP contribution < -0.4 is 82.3 Å². The number of nitrogens with one attached hydrogen (secondary N) is 9. The Hall–Kier alpha value is -6.19. The van der Waals surface area contributed by atoms with Gasteiger partial charge in [-0.25, -0.2) is 0 Å². The summed E-state index contributed by atoms with van der Waals surface area (Å²) in [6, 6.07) is -11.2. The van der Waals surface area contributed by atoms with E-state index < -0.39 is 125 Å². The van der Waals surface area contributed by atoms with Crippen LogP contribution in [0.4, 0.5) is 0 Å². The highest BCUT2D eigenvalue weighted by Crippen LogP contribution is 2.15. The van der Waals surface area contributed by atoms with Gasteiger partial charge in [-0.1, -0.05) is 75.7 Å². The molecular formula is C54H104N16O11. The van der Waals surface area contributed by atoms with Crippen molar-refractivity contribution in [1.29, 1.82) is 0 Å². The van der Waals surface area contributed by atoms with Gasteiger partial charge in [-0.05, 0) is 127 Å². The molecule has 27 heteroatoms. The number of rotatable bonds is 42. The van der Waals surface area contributed by atoms with Crippen LogP contribution in [0, 0.1) is 29.6 Å². The summed E-state index contributed by atoms with van der Waals surface area (Å²) < 4.78 is 0. The fourth-order valence-corrected chi connectivity index (χ4v) is 8.60. The van der Waals surface area contributed by atoms with Crippen molar-refractivity contribution in [3.63, 3.8) is 0 Å². The van der Waals surface area contributed by atoms with Crippen molar-refractivity contribution in [3.8, 4) is 0 Å². The average molecular weight is 1150 g/mol. The van der Waals surface area contributed by atoms with E-state index in [1.165, 1.54) is 6.92 Å². The number of nitrogens with two attached hydrogens (primary N) is 6. The molecule has 0 aromatic carbocycles. The fourth-order valence-electron chi connectivity index (χ4n) is 8.60. The van der Waals surface area contributed by atoms with Crippen LogP contribution in [0.1, 0.15) is 160 Å². The second-order valence-electron chi connectivity index (χ2n) is 22.7. The lowest BCUT2D eigenvalue weighted by Crippen LogP contribution is -2.62. The van der Waals surface area contributed by atoms with Gasteiger partial charge in [0.1, 0.15) is 54.4 Å². The van der Waals surface area contributed by atoms with Gasteiger partial charge in [0.2, 0.25) is 59.1 Å². The normalized spacial score (nSPS) is 15.5. The first-order valence-corrected chi connectivity index (χ1v) is 28.8. The molecule has 27 nitrogen and oxygen atoms in total. The highest BCUT2D eigenvalue weighted by Gasteiger charge is 2.37. The van der Waals surface area contributed by atoms with Crippen LogP contribution in [0.2, 0.25) is 0 Å². The molecule has 22 N–H and O–H groups in total. The lowest BCUT2D eigenvalue weighted by molar-refractivity contribution is -0.137. The van der Waals surface area contributed by atoms with Gasteiger partial charge in [0, 0.05) is 6.54 Å². The van der Waals surface area contributed by atoms with Crippen LogP contribution in [0.25, 0.3) is 0 Å². The quantitative estimate of drug-likeness (QED) is 0.0174. The van der Waals surface area contributed by atoms with Gasteiger partial charge >= 0.3 is 0 Å². The Kier molecular flexibility index (Phi) is 37.0. The lowest BCUT2D eigenvalue weighted by Gasteiger charge is -2.30. The number of nitrogens with zero attached hydrogens (tertiary/aromatic N) is 1. The summed E-state index contributed by atoms with van der Waals surface area (Å²) in [4.78, 5) is 141. The lowest BCUT2D eigenvalue weighted by atomic mass is 9.96. The number of hydrogen-bond donors (Lipinski definition) is 16. The van der Waals surface area contributed by atoms with Crippen molar-refractivity contribution in [2.24, 2.45) is 69.0 Å². The minimum atomic E-state index is -1.63. The molecule has 0 saturated heterocycles. The number of amides is 10. The molecule has 0 saturated carbocycles. The summed E-state index contributed by atoms with van der Waals surface area (Å²) in [5, 5.41) is 35.0. The van der Waals surface area contributed by atoms with E-state index in [1.807, 2.05) is 55.4 Å². The number of aliphatic imine (C=N–C) groups is 1. The number of primary amides is 1. The number of carbonyl (C=O) groups excluding carboxylic acids is 10. The van der Waals surface area contributed by atoms with Gasteiger partial charge in [0.05, 0.1) is 12.6 Å². The molecule has 0 aliphatic heterocycles. The minimum absolute atomic E-state index is 0.00517. The summed E-state index contributed by atoms with van der Waals surface area (Å²) in [6.45, 7) is 19.7.